The molecule has 0 radical (unpaired) electrons. The maximum absolute atomic E-state index is 12.0. The van der Waals surface area contributed by atoms with Gasteiger partial charge in [-0.3, -0.25) is 0 Å². The molecular formula is C16H21N3O. The summed E-state index contributed by atoms with van der Waals surface area (Å²) in [7, 11) is 0. The van der Waals surface area contributed by atoms with Crippen molar-refractivity contribution in [3.63, 3.8) is 0 Å². The van der Waals surface area contributed by atoms with Crippen LogP contribution >= 0.6 is 0 Å². The Morgan fingerprint density at radius 1 is 1.35 bits per heavy atom. The molecule has 0 spiro atoms. The first-order valence-corrected chi connectivity index (χ1v) is 7.15. The van der Waals surface area contributed by atoms with Crippen LogP contribution in [-0.4, -0.2) is 11.6 Å². The lowest BCUT2D eigenvalue weighted by Crippen LogP contribution is -2.52. The number of carbonyl (C=O) groups is 1. The van der Waals surface area contributed by atoms with Gasteiger partial charge in [0.1, 0.15) is 5.54 Å². The van der Waals surface area contributed by atoms with E-state index in [2.05, 4.69) is 23.6 Å². The van der Waals surface area contributed by atoms with Crippen LogP contribution in [0.5, 0.6) is 0 Å². The van der Waals surface area contributed by atoms with Gasteiger partial charge in [0.05, 0.1) is 6.07 Å². The van der Waals surface area contributed by atoms with Crippen LogP contribution in [0.3, 0.4) is 0 Å². The normalized spacial score (nSPS) is 25.5. The van der Waals surface area contributed by atoms with E-state index < -0.39 is 5.54 Å². The van der Waals surface area contributed by atoms with Crippen LogP contribution < -0.4 is 10.6 Å². The Hall–Kier alpha value is -2.02. The van der Waals surface area contributed by atoms with Crippen molar-refractivity contribution in [1.29, 1.82) is 5.26 Å². The molecule has 1 aromatic carbocycles. The molecule has 4 nitrogen and oxygen atoms in total. The van der Waals surface area contributed by atoms with Gasteiger partial charge in [0.25, 0.3) is 0 Å². The zero-order valence-electron chi connectivity index (χ0n) is 11.9. The highest BCUT2D eigenvalue weighted by molar-refractivity contribution is 5.75. The third-order valence-corrected chi connectivity index (χ3v) is 3.99. The summed E-state index contributed by atoms with van der Waals surface area (Å²) in [6.45, 7) is 2.67. The van der Waals surface area contributed by atoms with Gasteiger partial charge in [0.15, 0.2) is 0 Å². The Kier molecular flexibility index (Phi) is 4.62. The number of nitrogens with zero attached hydrogens (tertiary/aromatic N) is 1. The van der Waals surface area contributed by atoms with E-state index in [-0.39, 0.29) is 6.03 Å². The van der Waals surface area contributed by atoms with Crippen molar-refractivity contribution in [1.82, 2.24) is 10.6 Å². The largest absolute Gasteiger partial charge is 0.334 e. The van der Waals surface area contributed by atoms with Gasteiger partial charge in [-0.1, -0.05) is 37.3 Å². The maximum Gasteiger partial charge on any atom is 0.316 e. The molecule has 0 atom stereocenters. The lowest BCUT2D eigenvalue weighted by Gasteiger charge is -2.34. The number of benzene rings is 1. The molecule has 0 unspecified atom stereocenters. The monoisotopic (exact) mass is 271 g/mol. The van der Waals surface area contributed by atoms with E-state index in [1.54, 1.807) is 0 Å². The summed E-state index contributed by atoms with van der Waals surface area (Å²) >= 11 is 0. The van der Waals surface area contributed by atoms with E-state index in [1.807, 2.05) is 30.3 Å². The van der Waals surface area contributed by atoms with Crippen LogP contribution in [0, 0.1) is 17.2 Å². The Bertz CT molecular complexity index is 484. The summed E-state index contributed by atoms with van der Waals surface area (Å²) in [6, 6.07) is 11.8. The number of urea groups is 1. The second kappa shape index (κ2) is 6.42. The SMILES string of the molecule is CC1CCC(C#N)(NC(=O)NCc2ccccc2)CC1. The zero-order chi connectivity index (χ0) is 14.4. The van der Waals surface area contributed by atoms with Crippen molar-refractivity contribution >= 4 is 6.03 Å². The van der Waals surface area contributed by atoms with E-state index in [4.69, 9.17) is 0 Å². The standard InChI is InChI=1S/C16H21N3O/c1-13-7-9-16(12-17,10-8-13)19-15(20)18-11-14-5-3-2-4-6-14/h2-6,13H,7-11H2,1H3,(H2,18,19,20). The highest BCUT2D eigenvalue weighted by Gasteiger charge is 2.35. The Balaban J connectivity index is 1.85. The van der Waals surface area contributed by atoms with Gasteiger partial charge in [-0.05, 0) is 37.2 Å². The number of hydrogen-bond donors (Lipinski definition) is 2. The summed E-state index contributed by atoms with van der Waals surface area (Å²) in [5, 5.41) is 15.0. The van der Waals surface area contributed by atoms with Gasteiger partial charge in [0.2, 0.25) is 0 Å². The van der Waals surface area contributed by atoms with Gasteiger partial charge in [-0.15, -0.1) is 0 Å². The van der Waals surface area contributed by atoms with Crippen molar-refractivity contribution in [2.24, 2.45) is 5.92 Å². The van der Waals surface area contributed by atoms with Crippen LogP contribution in [0.1, 0.15) is 38.2 Å². The molecule has 20 heavy (non-hydrogen) atoms. The van der Waals surface area contributed by atoms with Crippen molar-refractivity contribution in [2.75, 3.05) is 0 Å². The molecule has 2 N–H and O–H groups in total. The zero-order valence-corrected chi connectivity index (χ0v) is 11.9. The van der Waals surface area contributed by atoms with Crippen molar-refractivity contribution < 1.29 is 4.79 Å². The minimum atomic E-state index is -0.687. The fourth-order valence-corrected chi connectivity index (χ4v) is 2.56. The average molecular weight is 271 g/mol. The fraction of sp³-hybridized carbons (Fsp3) is 0.500. The number of nitriles is 1. The number of nitrogens with one attached hydrogen (secondary N) is 2. The first kappa shape index (κ1) is 14.4. The number of hydrogen-bond acceptors (Lipinski definition) is 2. The van der Waals surface area contributed by atoms with Gasteiger partial charge in [0, 0.05) is 6.54 Å². The van der Waals surface area contributed by atoms with Gasteiger partial charge in [-0.2, -0.15) is 5.26 Å². The number of amides is 2. The minimum Gasteiger partial charge on any atom is -0.334 e. The van der Waals surface area contributed by atoms with E-state index in [9.17, 15) is 10.1 Å². The molecule has 0 bridgehead atoms. The molecule has 1 saturated carbocycles. The molecule has 106 valence electrons. The van der Waals surface area contributed by atoms with E-state index >= 15 is 0 Å². The van der Waals surface area contributed by atoms with Crippen molar-refractivity contribution in [3.05, 3.63) is 35.9 Å². The maximum atomic E-state index is 12.0. The molecular weight excluding hydrogens is 250 g/mol. The lowest BCUT2D eigenvalue weighted by atomic mass is 9.78. The summed E-state index contributed by atoms with van der Waals surface area (Å²) in [5.74, 6) is 0.644. The van der Waals surface area contributed by atoms with Gasteiger partial charge < -0.3 is 10.6 Å². The molecule has 2 rings (SSSR count). The Morgan fingerprint density at radius 2 is 2.00 bits per heavy atom. The Morgan fingerprint density at radius 3 is 2.60 bits per heavy atom. The molecule has 0 saturated heterocycles. The minimum absolute atomic E-state index is 0.259. The van der Waals surface area contributed by atoms with E-state index in [1.165, 1.54) is 0 Å². The lowest BCUT2D eigenvalue weighted by molar-refractivity contribution is 0.212. The molecule has 0 aromatic heterocycles. The second-order valence-corrected chi connectivity index (χ2v) is 5.67. The average Bonchev–Trinajstić information content (AvgIpc) is 2.49. The molecule has 1 fully saturated rings. The summed E-state index contributed by atoms with van der Waals surface area (Å²) in [5.41, 5.74) is 0.360. The van der Waals surface area contributed by atoms with E-state index in [0.717, 1.165) is 31.2 Å². The topological polar surface area (TPSA) is 64.9 Å². The third-order valence-electron chi connectivity index (χ3n) is 3.99. The summed E-state index contributed by atoms with van der Waals surface area (Å²) in [4.78, 5) is 12.0. The molecule has 1 aliphatic rings. The smallest absolute Gasteiger partial charge is 0.316 e. The number of rotatable bonds is 3. The Labute approximate surface area is 120 Å². The van der Waals surface area contributed by atoms with Gasteiger partial charge in [-0.25, -0.2) is 4.79 Å². The van der Waals surface area contributed by atoms with Crippen molar-refractivity contribution in [3.8, 4) is 6.07 Å². The third kappa shape index (κ3) is 3.74. The molecule has 0 heterocycles. The highest BCUT2D eigenvalue weighted by Crippen LogP contribution is 2.31. The summed E-state index contributed by atoms with van der Waals surface area (Å²) in [6.07, 6.45) is 3.46. The van der Waals surface area contributed by atoms with Crippen LogP contribution in [0.2, 0.25) is 0 Å². The molecule has 1 aliphatic carbocycles. The second-order valence-electron chi connectivity index (χ2n) is 5.67. The highest BCUT2D eigenvalue weighted by atomic mass is 16.2. The van der Waals surface area contributed by atoms with Crippen LogP contribution in [0.25, 0.3) is 0 Å². The predicted molar refractivity (Wildman–Crippen MR) is 77.8 cm³/mol. The predicted octanol–water partition coefficient (Wildman–Crippen LogP) is 2.96. The fourth-order valence-electron chi connectivity index (χ4n) is 2.56. The van der Waals surface area contributed by atoms with E-state index in [0.29, 0.717) is 12.5 Å². The summed E-state index contributed by atoms with van der Waals surface area (Å²) < 4.78 is 0. The molecule has 0 aliphatic heterocycles. The quantitative estimate of drug-likeness (QED) is 0.887. The van der Waals surface area contributed by atoms with Crippen LogP contribution in [0.15, 0.2) is 30.3 Å². The molecule has 1 aromatic rings. The number of carbonyl (C=O) groups excluding carboxylic acids is 1. The van der Waals surface area contributed by atoms with Crippen LogP contribution in [-0.2, 0) is 6.54 Å². The first-order chi connectivity index (χ1) is 9.63. The molecule has 4 heteroatoms. The molecule has 2 amide bonds. The first-order valence-electron chi connectivity index (χ1n) is 7.15. The van der Waals surface area contributed by atoms with Crippen molar-refractivity contribution in [2.45, 2.75) is 44.7 Å². The van der Waals surface area contributed by atoms with Crippen LogP contribution in [0.4, 0.5) is 4.79 Å². The van der Waals surface area contributed by atoms with Gasteiger partial charge >= 0.3 is 6.03 Å².